The number of piperidine rings is 1. The third-order valence-electron chi connectivity index (χ3n) is 15.9. The zero-order valence-corrected chi connectivity index (χ0v) is 44.2. The molecule has 7 aromatic rings. The molecule has 0 spiro atoms. The number of likely N-dealkylation sites (N-methyl/N-ethyl adjacent to an activating group) is 1. The van der Waals surface area contributed by atoms with Gasteiger partial charge in [0.15, 0.2) is 17.5 Å². The highest BCUT2D eigenvalue weighted by Gasteiger charge is 2.43. The first-order valence-electron chi connectivity index (χ1n) is 27.6. The van der Waals surface area contributed by atoms with Gasteiger partial charge in [0, 0.05) is 111 Å². The highest BCUT2D eigenvalue weighted by Crippen LogP contribution is 2.41. The molecule has 3 saturated heterocycles. The summed E-state index contributed by atoms with van der Waals surface area (Å²) >= 11 is 0. The van der Waals surface area contributed by atoms with Gasteiger partial charge < -0.3 is 30.4 Å². The molecule has 3 N–H and O–H groups in total. The van der Waals surface area contributed by atoms with Gasteiger partial charge in [0.1, 0.15) is 34.5 Å². The predicted molar refractivity (Wildman–Crippen MR) is 297 cm³/mol. The number of hydrogen-bond donors (Lipinski definition) is 3. The molecule has 3 fully saturated rings. The Morgan fingerprint density at radius 1 is 0.597 bits per heavy atom. The first-order valence-corrected chi connectivity index (χ1v) is 27.6. The summed E-state index contributed by atoms with van der Waals surface area (Å²) in [5.74, 6) is 5.27. The fraction of sp³-hybridized carbons (Fsp3) is 0.417. The number of nitrogens with zero attached hydrogens (tertiary/aromatic N) is 12. The standard InChI is InChI=1S/C24H26N4O.2C18H21N5O/c29-17-24(16-18-8-2-1-3-9-18)13-7-15-28(24)23-19-10-6-12-20(19)26-22(27-23)21-11-4-5-14-25-21;1-23-11-12(8-9-16(23)24)20-17-13-5-4-7-14(13)21-18(22-17)15-6-2-3-10-19-15;1-12(24)23-10-8-13(11-23)20-17-14-5-4-7-15(14)21-18(22-17)16-6-2-3-9-19-16/h1-5,8-9,11,14,29H,6-7,10,12-13,15-17H2;2-3,6,10,12H,4-5,7-9,11H2,1H3,(H,20,21,22);2-3,6,9,13H,4-5,7-8,10-11H2,1H3,(H,20,21,22). The van der Waals surface area contributed by atoms with Crippen LogP contribution in [0.4, 0.5) is 17.5 Å². The van der Waals surface area contributed by atoms with Crippen LogP contribution < -0.4 is 15.5 Å². The van der Waals surface area contributed by atoms with E-state index < -0.39 is 0 Å². The van der Waals surface area contributed by atoms with E-state index in [0.29, 0.717) is 23.9 Å². The van der Waals surface area contributed by atoms with E-state index >= 15 is 0 Å². The summed E-state index contributed by atoms with van der Waals surface area (Å²) in [5.41, 5.74) is 10.5. The molecule has 2 amide bonds. The van der Waals surface area contributed by atoms with Crippen molar-refractivity contribution in [3.8, 4) is 34.6 Å². The van der Waals surface area contributed by atoms with Crippen molar-refractivity contribution in [2.24, 2.45) is 0 Å². The lowest BCUT2D eigenvalue weighted by Gasteiger charge is -2.39. The number of fused-ring (bicyclic) bond motifs is 3. The minimum Gasteiger partial charge on any atom is -0.394 e. The fourth-order valence-corrected chi connectivity index (χ4v) is 11.9. The maximum Gasteiger partial charge on any atom is 0.222 e. The number of rotatable bonds is 11. The van der Waals surface area contributed by atoms with E-state index in [1.807, 2.05) is 72.6 Å². The molecule has 17 nitrogen and oxygen atoms in total. The molecule has 3 aliphatic carbocycles. The third kappa shape index (κ3) is 11.5. The summed E-state index contributed by atoms with van der Waals surface area (Å²) in [4.78, 5) is 71.3. The largest absolute Gasteiger partial charge is 0.394 e. The van der Waals surface area contributed by atoms with Gasteiger partial charge in [-0.2, -0.15) is 0 Å². The summed E-state index contributed by atoms with van der Waals surface area (Å²) in [6, 6.07) is 28.4. The molecule has 77 heavy (non-hydrogen) atoms. The van der Waals surface area contributed by atoms with Gasteiger partial charge in [-0.15, -0.1) is 0 Å². The molecular weight excluding hydrogens is 965 g/mol. The lowest BCUT2D eigenvalue weighted by Crippen LogP contribution is -2.50. The Balaban J connectivity index is 0.000000124. The molecule has 3 aliphatic heterocycles. The second-order valence-electron chi connectivity index (χ2n) is 21.2. The molecule has 17 heteroatoms. The van der Waals surface area contributed by atoms with Crippen molar-refractivity contribution < 1.29 is 14.7 Å². The predicted octanol–water partition coefficient (Wildman–Crippen LogP) is 7.72. The second-order valence-corrected chi connectivity index (χ2v) is 21.2. The van der Waals surface area contributed by atoms with Crippen LogP contribution >= 0.6 is 0 Å². The molecule has 0 bridgehead atoms. The molecule has 6 aromatic heterocycles. The van der Waals surface area contributed by atoms with Gasteiger partial charge >= 0.3 is 0 Å². The van der Waals surface area contributed by atoms with Gasteiger partial charge in [0.05, 0.1) is 12.1 Å². The average molecular weight is 1030 g/mol. The molecule has 6 aliphatic rings. The quantitative estimate of drug-likeness (QED) is 0.114. The number of aryl methyl sites for hydroxylation is 3. The number of aliphatic hydroxyl groups is 1. The van der Waals surface area contributed by atoms with Crippen LogP contribution in [-0.2, 0) is 54.5 Å². The average Bonchev–Trinajstić information content (AvgIpc) is 4.42. The molecular formula is C60H68N14O3. The monoisotopic (exact) mass is 1030 g/mol. The molecule has 0 radical (unpaired) electrons. The maximum absolute atomic E-state index is 11.7. The number of carbonyl (C=O) groups excluding carboxylic acids is 2. The first kappa shape index (κ1) is 51.3. The molecule has 396 valence electrons. The number of nitrogens with one attached hydrogen (secondary N) is 2. The maximum atomic E-state index is 11.7. The molecule has 13 rings (SSSR count). The zero-order valence-electron chi connectivity index (χ0n) is 44.2. The minimum atomic E-state index is -0.312. The van der Waals surface area contributed by atoms with E-state index in [-0.39, 0.29) is 36.0 Å². The van der Waals surface area contributed by atoms with Crippen LogP contribution in [0.2, 0.25) is 0 Å². The second kappa shape index (κ2) is 23.2. The Morgan fingerprint density at radius 2 is 1.12 bits per heavy atom. The number of benzene rings is 1. The van der Waals surface area contributed by atoms with Crippen LogP contribution in [-0.4, -0.2) is 129 Å². The van der Waals surface area contributed by atoms with E-state index in [1.165, 1.54) is 22.3 Å². The van der Waals surface area contributed by atoms with Crippen molar-refractivity contribution in [3.05, 3.63) is 143 Å². The van der Waals surface area contributed by atoms with Crippen LogP contribution in [0.3, 0.4) is 0 Å². The Morgan fingerprint density at radius 3 is 1.62 bits per heavy atom. The van der Waals surface area contributed by atoms with Gasteiger partial charge in [0.25, 0.3) is 0 Å². The van der Waals surface area contributed by atoms with E-state index in [9.17, 15) is 14.7 Å². The number of carbonyl (C=O) groups is 2. The third-order valence-corrected chi connectivity index (χ3v) is 15.9. The normalized spacial score (nSPS) is 20.1. The van der Waals surface area contributed by atoms with E-state index in [2.05, 4.69) is 54.8 Å². The number of likely N-dealkylation sites (tertiary alicyclic amines) is 2. The van der Waals surface area contributed by atoms with Crippen molar-refractivity contribution in [3.63, 3.8) is 0 Å². The molecule has 9 heterocycles. The SMILES string of the molecule is CC(=O)N1CCC(Nc2nc(-c3ccccn3)nc3c2CCC3)C1.CN1CC(Nc2nc(-c3ccccn3)nc3c2CCC3)CCC1=O.OCC1(Cc2ccccc2)CCCN1c1nc(-c2ccccn2)nc2c1CCC2. The number of aliphatic hydroxyl groups excluding tert-OH is 1. The number of amides is 2. The van der Waals surface area contributed by atoms with Crippen molar-refractivity contribution in [1.82, 2.24) is 54.7 Å². The molecule has 0 saturated carbocycles. The topological polar surface area (TPSA) is 204 Å². The number of anilines is 3. The van der Waals surface area contributed by atoms with E-state index in [1.54, 1.807) is 30.4 Å². The fourth-order valence-electron chi connectivity index (χ4n) is 11.9. The molecule has 3 unspecified atom stereocenters. The van der Waals surface area contributed by atoms with Gasteiger partial charge in [-0.05, 0) is 132 Å². The number of hydrogen-bond acceptors (Lipinski definition) is 15. The van der Waals surface area contributed by atoms with Gasteiger partial charge in [-0.3, -0.25) is 24.5 Å². The highest BCUT2D eigenvalue weighted by molar-refractivity contribution is 5.77. The Bertz CT molecular complexity index is 3190. The summed E-state index contributed by atoms with van der Waals surface area (Å²) in [5, 5.41) is 17.7. The number of pyridine rings is 3. The summed E-state index contributed by atoms with van der Waals surface area (Å²) in [6.45, 7) is 4.94. The van der Waals surface area contributed by atoms with Crippen molar-refractivity contribution in [2.45, 2.75) is 121 Å². The first-order chi connectivity index (χ1) is 37.7. The van der Waals surface area contributed by atoms with E-state index in [0.717, 1.165) is 168 Å². The van der Waals surface area contributed by atoms with Crippen LogP contribution in [0.5, 0.6) is 0 Å². The van der Waals surface area contributed by atoms with Gasteiger partial charge in [0.2, 0.25) is 11.8 Å². The van der Waals surface area contributed by atoms with Crippen molar-refractivity contribution in [2.75, 3.05) is 55.4 Å². The Labute approximate surface area is 450 Å². The Kier molecular flexibility index (Phi) is 15.5. The highest BCUT2D eigenvalue weighted by atomic mass is 16.3. The Hall–Kier alpha value is -7.79. The van der Waals surface area contributed by atoms with Crippen molar-refractivity contribution in [1.29, 1.82) is 0 Å². The summed E-state index contributed by atoms with van der Waals surface area (Å²) in [6.07, 6.45) is 19.9. The zero-order chi connectivity index (χ0) is 52.7. The van der Waals surface area contributed by atoms with Crippen LogP contribution in [0, 0.1) is 0 Å². The molecule has 1 aromatic carbocycles. The van der Waals surface area contributed by atoms with Crippen LogP contribution in [0.25, 0.3) is 34.6 Å². The molecule has 3 atom stereocenters. The summed E-state index contributed by atoms with van der Waals surface area (Å²) < 4.78 is 0. The minimum absolute atomic E-state index is 0.125. The lowest BCUT2D eigenvalue weighted by molar-refractivity contribution is -0.132. The van der Waals surface area contributed by atoms with Crippen LogP contribution in [0.15, 0.2) is 104 Å². The van der Waals surface area contributed by atoms with Crippen LogP contribution in [0.1, 0.15) is 97.6 Å². The van der Waals surface area contributed by atoms with Crippen molar-refractivity contribution >= 4 is 29.3 Å². The smallest absolute Gasteiger partial charge is 0.222 e. The van der Waals surface area contributed by atoms with Gasteiger partial charge in [-0.25, -0.2) is 29.9 Å². The van der Waals surface area contributed by atoms with Gasteiger partial charge in [-0.1, -0.05) is 48.5 Å². The lowest BCUT2D eigenvalue weighted by atomic mass is 9.88. The number of aromatic nitrogens is 9. The summed E-state index contributed by atoms with van der Waals surface area (Å²) in [7, 11) is 1.86. The van der Waals surface area contributed by atoms with E-state index in [4.69, 9.17) is 29.9 Å².